The van der Waals surface area contributed by atoms with Gasteiger partial charge in [-0.1, -0.05) is 5.16 Å². The van der Waals surface area contributed by atoms with E-state index in [0.717, 1.165) is 5.56 Å². The molecule has 1 rings (SSSR count). The molecule has 0 aliphatic heterocycles. The van der Waals surface area contributed by atoms with Gasteiger partial charge < -0.3 is 15.4 Å². The van der Waals surface area contributed by atoms with Crippen molar-refractivity contribution >= 4 is 5.82 Å². The molecule has 4 nitrogen and oxygen atoms in total. The van der Waals surface area contributed by atoms with Crippen molar-refractivity contribution in [2.75, 3.05) is 12.3 Å². The predicted octanol–water partition coefficient (Wildman–Crippen LogP) is 0.100. The number of aryl methyl sites for hydroxylation is 1. The fraction of sp³-hybridized carbons (Fsp3) is 0.500. The number of aliphatic hydroxyl groups is 1. The molecule has 0 aliphatic carbocycles. The van der Waals surface area contributed by atoms with Crippen molar-refractivity contribution < 1.29 is 9.63 Å². The summed E-state index contributed by atoms with van der Waals surface area (Å²) in [5, 5.41) is 12.1. The summed E-state index contributed by atoms with van der Waals surface area (Å²) in [5.41, 5.74) is 6.22. The van der Waals surface area contributed by atoms with Crippen LogP contribution >= 0.6 is 0 Å². The molecule has 0 radical (unpaired) electrons. The zero-order chi connectivity index (χ0) is 7.56. The predicted molar refractivity (Wildman–Crippen MR) is 36.4 cm³/mol. The number of aliphatic hydroxyl groups excluding tert-OH is 1. The molecular weight excluding hydrogens is 132 g/mol. The van der Waals surface area contributed by atoms with Crippen LogP contribution in [0.2, 0.25) is 0 Å². The number of nitrogen functional groups attached to an aromatic ring is 1. The first kappa shape index (κ1) is 7.08. The average Bonchev–Trinajstić information content (AvgIpc) is 2.20. The van der Waals surface area contributed by atoms with Crippen molar-refractivity contribution in [3.05, 3.63) is 11.3 Å². The maximum Gasteiger partial charge on any atom is 0.170 e. The summed E-state index contributed by atoms with van der Waals surface area (Å²) in [6.07, 6.45) is 0.515. The molecular formula is C6H10N2O2. The largest absolute Gasteiger partial charge is 0.396 e. The second-order valence-corrected chi connectivity index (χ2v) is 2.08. The lowest BCUT2D eigenvalue weighted by atomic mass is 10.2. The standard InChI is InChI=1S/C6H10N2O2/c1-4-5(2-3-9)6(7)8-10-4/h9H,2-3H2,1H3,(H2,7,8). The highest BCUT2D eigenvalue weighted by Crippen LogP contribution is 2.14. The van der Waals surface area contributed by atoms with Gasteiger partial charge in [0, 0.05) is 18.6 Å². The maximum absolute atomic E-state index is 8.56. The summed E-state index contributed by atoms with van der Waals surface area (Å²) in [5.74, 6) is 1.07. The van der Waals surface area contributed by atoms with Crippen LogP contribution < -0.4 is 5.73 Å². The van der Waals surface area contributed by atoms with E-state index < -0.39 is 0 Å². The van der Waals surface area contributed by atoms with Crippen LogP contribution in [0, 0.1) is 6.92 Å². The highest BCUT2D eigenvalue weighted by Gasteiger charge is 2.07. The molecule has 0 unspecified atom stereocenters. The summed E-state index contributed by atoms with van der Waals surface area (Å²) < 4.78 is 4.76. The Hall–Kier alpha value is -1.03. The molecule has 4 heteroatoms. The van der Waals surface area contributed by atoms with Crippen molar-refractivity contribution in [2.24, 2.45) is 0 Å². The Morgan fingerprint density at radius 2 is 2.40 bits per heavy atom. The lowest BCUT2D eigenvalue weighted by molar-refractivity contribution is 0.298. The minimum Gasteiger partial charge on any atom is -0.396 e. The first-order valence-electron chi connectivity index (χ1n) is 3.07. The molecule has 0 amide bonds. The van der Waals surface area contributed by atoms with Crippen LogP contribution in [0.5, 0.6) is 0 Å². The lowest BCUT2D eigenvalue weighted by Crippen LogP contribution is -1.96. The van der Waals surface area contributed by atoms with Crippen molar-refractivity contribution in [1.29, 1.82) is 0 Å². The van der Waals surface area contributed by atoms with Crippen LogP contribution in [0.4, 0.5) is 5.82 Å². The van der Waals surface area contributed by atoms with Crippen molar-refractivity contribution in [3.63, 3.8) is 0 Å². The monoisotopic (exact) mass is 142 g/mol. The normalized spacial score (nSPS) is 10.2. The first-order valence-corrected chi connectivity index (χ1v) is 3.07. The van der Waals surface area contributed by atoms with E-state index in [9.17, 15) is 0 Å². The van der Waals surface area contributed by atoms with E-state index >= 15 is 0 Å². The second-order valence-electron chi connectivity index (χ2n) is 2.08. The van der Waals surface area contributed by atoms with Crippen molar-refractivity contribution in [3.8, 4) is 0 Å². The van der Waals surface area contributed by atoms with Crippen LogP contribution in [0.25, 0.3) is 0 Å². The smallest absolute Gasteiger partial charge is 0.170 e. The zero-order valence-electron chi connectivity index (χ0n) is 5.79. The molecule has 1 heterocycles. The topological polar surface area (TPSA) is 72.3 Å². The van der Waals surface area contributed by atoms with Gasteiger partial charge in [-0.25, -0.2) is 0 Å². The van der Waals surface area contributed by atoms with Gasteiger partial charge in [-0.05, 0) is 6.92 Å². The maximum atomic E-state index is 8.56. The van der Waals surface area contributed by atoms with Gasteiger partial charge in [0.05, 0.1) is 0 Å². The summed E-state index contributed by atoms with van der Waals surface area (Å²) >= 11 is 0. The Morgan fingerprint density at radius 3 is 2.80 bits per heavy atom. The molecule has 0 spiro atoms. The number of rotatable bonds is 2. The molecule has 0 atom stereocenters. The average molecular weight is 142 g/mol. The fourth-order valence-electron chi connectivity index (χ4n) is 0.824. The van der Waals surface area contributed by atoms with Crippen LogP contribution in [0.15, 0.2) is 4.52 Å². The third-order valence-electron chi connectivity index (χ3n) is 1.38. The summed E-state index contributed by atoms with van der Waals surface area (Å²) in [6, 6.07) is 0. The highest BCUT2D eigenvalue weighted by atomic mass is 16.5. The third-order valence-corrected chi connectivity index (χ3v) is 1.38. The minimum atomic E-state index is 0.0756. The van der Waals surface area contributed by atoms with E-state index in [-0.39, 0.29) is 6.61 Å². The van der Waals surface area contributed by atoms with Crippen LogP contribution in [0.3, 0.4) is 0 Å². The minimum absolute atomic E-state index is 0.0756. The van der Waals surface area contributed by atoms with E-state index in [0.29, 0.717) is 18.0 Å². The van der Waals surface area contributed by atoms with E-state index in [2.05, 4.69) is 5.16 Å². The number of anilines is 1. The highest BCUT2D eigenvalue weighted by molar-refractivity contribution is 5.39. The number of hydrogen-bond donors (Lipinski definition) is 2. The van der Waals surface area contributed by atoms with Crippen molar-refractivity contribution in [1.82, 2.24) is 5.16 Å². The van der Waals surface area contributed by atoms with E-state index in [1.54, 1.807) is 6.92 Å². The summed E-state index contributed by atoms with van der Waals surface area (Å²) in [7, 11) is 0. The van der Waals surface area contributed by atoms with Gasteiger partial charge in [0.15, 0.2) is 5.82 Å². The van der Waals surface area contributed by atoms with E-state index in [4.69, 9.17) is 15.4 Å². The Balaban J connectivity index is 2.87. The first-order chi connectivity index (χ1) is 4.75. The Kier molecular flexibility index (Phi) is 1.91. The van der Waals surface area contributed by atoms with Gasteiger partial charge in [-0.2, -0.15) is 0 Å². The number of hydrogen-bond acceptors (Lipinski definition) is 4. The van der Waals surface area contributed by atoms with Gasteiger partial charge in [-0.3, -0.25) is 0 Å². The zero-order valence-corrected chi connectivity index (χ0v) is 5.79. The Labute approximate surface area is 58.6 Å². The molecule has 3 N–H and O–H groups in total. The molecule has 0 fully saturated rings. The van der Waals surface area contributed by atoms with Gasteiger partial charge in [0.25, 0.3) is 0 Å². The van der Waals surface area contributed by atoms with Gasteiger partial charge in [0.2, 0.25) is 0 Å². The van der Waals surface area contributed by atoms with Gasteiger partial charge in [-0.15, -0.1) is 0 Å². The number of nitrogens with zero attached hydrogens (tertiary/aromatic N) is 1. The molecule has 0 aromatic carbocycles. The molecule has 56 valence electrons. The molecule has 0 saturated carbocycles. The molecule has 1 aromatic rings. The van der Waals surface area contributed by atoms with Crippen LogP contribution in [-0.2, 0) is 6.42 Å². The molecule has 10 heavy (non-hydrogen) atoms. The molecule has 0 bridgehead atoms. The molecule has 0 saturated heterocycles. The Morgan fingerprint density at radius 1 is 1.70 bits per heavy atom. The van der Waals surface area contributed by atoms with E-state index in [1.165, 1.54) is 0 Å². The molecule has 1 aromatic heterocycles. The summed E-state index contributed by atoms with van der Waals surface area (Å²) in [4.78, 5) is 0. The lowest BCUT2D eigenvalue weighted by Gasteiger charge is -1.92. The Bertz CT molecular complexity index is 200. The number of aromatic nitrogens is 1. The van der Waals surface area contributed by atoms with Crippen LogP contribution in [-0.4, -0.2) is 16.9 Å². The van der Waals surface area contributed by atoms with Gasteiger partial charge in [0.1, 0.15) is 5.76 Å². The third kappa shape index (κ3) is 1.11. The molecule has 0 aliphatic rings. The SMILES string of the molecule is Cc1onc(N)c1CCO. The van der Waals surface area contributed by atoms with Gasteiger partial charge >= 0.3 is 0 Å². The summed E-state index contributed by atoms with van der Waals surface area (Å²) in [6.45, 7) is 1.85. The number of nitrogens with two attached hydrogens (primary N) is 1. The second kappa shape index (κ2) is 2.70. The quantitative estimate of drug-likeness (QED) is 0.614. The van der Waals surface area contributed by atoms with E-state index in [1.807, 2.05) is 0 Å². The van der Waals surface area contributed by atoms with Crippen LogP contribution in [0.1, 0.15) is 11.3 Å². The van der Waals surface area contributed by atoms with Crippen molar-refractivity contribution in [2.45, 2.75) is 13.3 Å². The fourth-order valence-corrected chi connectivity index (χ4v) is 0.824.